The van der Waals surface area contributed by atoms with Crippen molar-refractivity contribution in [3.05, 3.63) is 155 Å². The predicted molar refractivity (Wildman–Crippen MR) is 203 cm³/mol. The Morgan fingerprint density at radius 3 is 1.76 bits per heavy atom. The number of hydrogen-bond acceptors (Lipinski definition) is 0. The third kappa shape index (κ3) is 4.06. The fourth-order valence-corrected chi connectivity index (χ4v) is 8.18. The molecule has 0 radical (unpaired) electrons. The molecule has 9 rings (SSSR count). The van der Waals surface area contributed by atoms with Gasteiger partial charge < -0.3 is 0 Å². The summed E-state index contributed by atoms with van der Waals surface area (Å²) in [7, 11) is 0. The number of fused-ring (bicyclic) bond motifs is 5. The highest BCUT2D eigenvalue weighted by atomic mass is 14.3. The Hall–Kier alpha value is -5.20. The van der Waals surface area contributed by atoms with Gasteiger partial charge in [-0.15, -0.1) is 0 Å². The van der Waals surface area contributed by atoms with Crippen LogP contribution < -0.4 is 5.22 Å². The normalized spacial score (nSPS) is 13.3. The molecular weight excluding hydrogens is 553 g/mol. The van der Waals surface area contributed by atoms with Gasteiger partial charge in [-0.05, 0) is 125 Å². The van der Waals surface area contributed by atoms with Gasteiger partial charge in [0.2, 0.25) is 0 Å². The van der Waals surface area contributed by atoms with Gasteiger partial charge in [0.1, 0.15) is 0 Å². The van der Waals surface area contributed by atoms with Gasteiger partial charge in [0.25, 0.3) is 0 Å². The maximum atomic E-state index is 2.47. The lowest BCUT2D eigenvalue weighted by atomic mass is 9.79. The molecule has 222 valence electrons. The average Bonchev–Trinajstić information content (AvgIpc) is 3.13. The molecule has 0 atom stereocenters. The number of aryl methyl sites for hydroxylation is 2. The summed E-state index contributed by atoms with van der Waals surface area (Å²) in [5.41, 5.74) is 9.53. The van der Waals surface area contributed by atoms with Crippen molar-refractivity contribution in [2.45, 2.75) is 40.5 Å². The number of rotatable bonds is 2. The fourth-order valence-electron chi connectivity index (χ4n) is 8.18. The first-order chi connectivity index (χ1) is 22.7. The predicted octanol–water partition coefficient (Wildman–Crippen LogP) is 12.4. The van der Waals surface area contributed by atoms with Crippen LogP contribution in [0.2, 0.25) is 0 Å². The minimum Gasteiger partial charge on any atom is -0.0798 e. The molecule has 0 N–H and O–H groups in total. The molecule has 0 unspecified atom stereocenters. The Bertz CT molecular complexity index is 2500. The van der Waals surface area contributed by atoms with Crippen LogP contribution >= 0.6 is 0 Å². The SMILES string of the molecule is C/C=c1/cccc2c1c(C)c1cccc3c(-c4c5ccccc5c(C5=CCCc6ccccc65)c5ccccc45)ccc2c31.CC. The Kier molecular flexibility index (Phi) is 6.95. The van der Waals surface area contributed by atoms with Gasteiger partial charge in [-0.2, -0.15) is 0 Å². The second-order valence-electron chi connectivity index (χ2n) is 12.2. The Labute approximate surface area is 271 Å². The maximum absolute atomic E-state index is 2.47. The number of allylic oxidation sites excluding steroid dienone is 1. The second kappa shape index (κ2) is 11.3. The van der Waals surface area contributed by atoms with E-state index >= 15 is 0 Å². The molecule has 1 aliphatic rings. The third-order valence-electron chi connectivity index (χ3n) is 10.1. The standard InChI is InChI=1S/C44H32.C2H6/c1-3-28-14-10-23-33-39-25-26-40(38-24-12-21-30(42(38)39)27(2)41(28)33)44-36-19-8-6-17-34(36)43(35-18-7-9-20-37(35)44)32-22-11-15-29-13-4-5-16-31(29)32;1-2/h3-10,12-14,16-26H,11,15H2,1-2H3;1-2H3/b28-3-;. The summed E-state index contributed by atoms with van der Waals surface area (Å²) in [6.07, 6.45) is 6.88. The molecule has 0 spiro atoms. The van der Waals surface area contributed by atoms with Crippen molar-refractivity contribution in [3.63, 3.8) is 0 Å². The summed E-state index contributed by atoms with van der Waals surface area (Å²) in [5, 5.41) is 14.6. The largest absolute Gasteiger partial charge is 0.0798 e. The molecule has 8 aromatic carbocycles. The van der Waals surface area contributed by atoms with E-state index in [0.717, 1.165) is 12.8 Å². The molecule has 46 heavy (non-hydrogen) atoms. The van der Waals surface area contributed by atoms with Gasteiger partial charge in [-0.25, -0.2) is 0 Å². The summed E-state index contributed by atoms with van der Waals surface area (Å²) in [5.74, 6) is 0. The zero-order valence-electron chi connectivity index (χ0n) is 27.1. The van der Waals surface area contributed by atoms with Gasteiger partial charge in [0.05, 0.1) is 0 Å². The van der Waals surface area contributed by atoms with E-state index in [1.807, 2.05) is 13.8 Å². The van der Waals surface area contributed by atoms with Crippen molar-refractivity contribution < 1.29 is 0 Å². The average molecular weight is 591 g/mol. The van der Waals surface area contributed by atoms with E-state index < -0.39 is 0 Å². The first kappa shape index (κ1) is 28.3. The van der Waals surface area contributed by atoms with Crippen LogP contribution in [0.3, 0.4) is 0 Å². The Morgan fingerprint density at radius 1 is 0.478 bits per heavy atom. The molecule has 0 aliphatic heterocycles. The molecule has 0 fully saturated rings. The van der Waals surface area contributed by atoms with Crippen LogP contribution in [-0.4, -0.2) is 0 Å². The fraction of sp³-hybridized carbons (Fsp3) is 0.130. The minimum atomic E-state index is 1.07. The van der Waals surface area contributed by atoms with Crippen LogP contribution in [0, 0.1) is 6.92 Å². The monoisotopic (exact) mass is 590 g/mol. The van der Waals surface area contributed by atoms with Gasteiger partial charge in [0.15, 0.2) is 0 Å². The summed E-state index contributed by atoms with van der Waals surface area (Å²) in [6.45, 7) is 8.44. The van der Waals surface area contributed by atoms with Gasteiger partial charge in [0, 0.05) is 0 Å². The zero-order chi connectivity index (χ0) is 31.4. The zero-order valence-corrected chi connectivity index (χ0v) is 27.1. The van der Waals surface area contributed by atoms with Crippen molar-refractivity contribution in [1.29, 1.82) is 0 Å². The highest BCUT2D eigenvalue weighted by Gasteiger charge is 2.23. The maximum Gasteiger partial charge on any atom is -0.00201 e. The minimum absolute atomic E-state index is 1.07. The van der Waals surface area contributed by atoms with Crippen LogP contribution in [0.15, 0.2) is 127 Å². The van der Waals surface area contributed by atoms with E-state index in [4.69, 9.17) is 0 Å². The smallest absolute Gasteiger partial charge is 0.00201 e. The quantitative estimate of drug-likeness (QED) is 0.139. The van der Waals surface area contributed by atoms with Crippen LogP contribution in [0.1, 0.15) is 49.4 Å². The van der Waals surface area contributed by atoms with Crippen LogP contribution in [0.5, 0.6) is 0 Å². The molecule has 0 saturated carbocycles. The summed E-state index contributed by atoms with van der Waals surface area (Å²) >= 11 is 0. The molecule has 0 heteroatoms. The van der Waals surface area contributed by atoms with Crippen molar-refractivity contribution in [2.24, 2.45) is 0 Å². The Morgan fingerprint density at radius 2 is 1.04 bits per heavy atom. The summed E-state index contributed by atoms with van der Waals surface area (Å²) in [6, 6.07) is 45.5. The van der Waals surface area contributed by atoms with E-state index in [1.165, 1.54) is 98.0 Å². The lowest BCUT2D eigenvalue weighted by Gasteiger charge is -2.24. The summed E-state index contributed by atoms with van der Waals surface area (Å²) in [4.78, 5) is 0. The van der Waals surface area contributed by atoms with Gasteiger partial charge in [-0.3, -0.25) is 0 Å². The van der Waals surface area contributed by atoms with Gasteiger partial charge in [-0.1, -0.05) is 147 Å². The molecule has 0 saturated heterocycles. The molecule has 0 heterocycles. The molecule has 0 nitrogen and oxygen atoms in total. The van der Waals surface area contributed by atoms with E-state index in [0.29, 0.717) is 0 Å². The van der Waals surface area contributed by atoms with E-state index in [1.54, 1.807) is 0 Å². The first-order valence-electron chi connectivity index (χ1n) is 16.8. The van der Waals surface area contributed by atoms with Crippen molar-refractivity contribution >= 4 is 65.5 Å². The van der Waals surface area contributed by atoms with E-state index in [-0.39, 0.29) is 0 Å². The van der Waals surface area contributed by atoms with Crippen molar-refractivity contribution in [2.75, 3.05) is 0 Å². The second-order valence-corrected chi connectivity index (χ2v) is 12.2. The topological polar surface area (TPSA) is 0 Å². The first-order valence-corrected chi connectivity index (χ1v) is 16.8. The number of benzene rings is 8. The molecule has 8 aromatic rings. The third-order valence-corrected chi connectivity index (χ3v) is 10.1. The van der Waals surface area contributed by atoms with Crippen LogP contribution in [0.25, 0.3) is 76.6 Å². The Balaban J connectivity index is 0.00000153. The van der Waals surface area contributed by atoms with Crippen LogP contribution in [0.4, 0.5) is 0 Å². The van der Waals surface area contributed by atoms with E-state index in [9.17, 15) is 0 Å². The number of hydrogen-bond donors (Lipinski definition) is 0. The lowest BCUT2D eigenvalue weighted by Crippen LogP contribution is -2.04. The molecular formula is C46H38. The molecule has 0 amide bonds. The molecule has 0 bridgehead atoms. The highest BCUT2D eigenvalue weighted by Crippen LogP contribution is 2.47. The van der Waals surface area contributed by atoms with Crippen molar-refractivity contribution in [3.8, 4) is 11.1 Å². The highest BCUT2D eigenvalue weighted by molar-refractivity contribution is 6.29. The molecule has 1 aliphatic carbocycles. The van der Waals surface area contributed by atoms with E-state index in [2.05, 4.69) is 147 Å². The van der Waals surface area contributed by atoms with Crippen molar-refractivity contribution in [1.82, 2.24) is 0 Å². The molecule has 0 aromatic heterocycles. The van der Waals surface area contributed by atoms with Gasteiger partial charge >= 0.3 is 0 Å². The summed E-state index contributed by atoms with van der Waals surface area (Å²) < 4.78 is 0. The lowest BCUT2D eigenvalue weighted by molar-refractivity contribution is 0.978. The van der Waals surface area contributed by atoms with Crippen LogP contribution in [-0.2, 0) is 6.42 Å².